The Morgan fingerprint density at radius 3 is 2.43 bits per heavy atom. The maximum atomic E-state index is 7.07. The molecule has 1 aliphatic carbocycles. The highest BCUT2D eigenvalue weighted by atomic mass is 79.9. The highest BCUT2D eigenvalue weighted by molar-refractivity contribution is 9.11. The van der Waals surface area contributed by atoms with Crippen LogP contribution in [0.2, 0.25) is 0 Å². The Morgan fingerprint density at radius 2 is 2.29 bits per heavy atom. The average Bonchev–Trinajstić information content (AvgIpc) is 1.87. The van der Waals surface area contributed by atoms with Crippen LogP contribution in [0.15, 0.2) is 10.6 Å². The van der Waals surface area contributed by atoms with Crippen molar-refractivity contribution in [2.75, 3.05) is 0 Å². The summed E-state index contributed by atoms with van der Waals surface area (Å²) in [5.74, 6) is 0. The largest absolute Gasteiger partial charge is 0.305 e. The normalized spacial score (nSPS) is 20.1. The zero-order valence-corrected chi connectivity index (χ0v) is 5.46. The van der Waals surface area contributed by atoms with Crippen molar-refractivity contribution in [3.05, 3.63) is 10.6 Å². The molecule has 0 fully saturated rings. The van der Waals surface area contributed by atoms with E-state index in [1.165, 1.54) is 0 Å². The van der Waals surface area contributed by atoms with Crippen LogP contribution in [-0.2, 0) is 0 Å². The molecule has 0 aromatic rings. The van der Waals surface area contributed by atoms with Crippen molar-refractivity contribution >= 4 is 21.6 Å². The van der Waals surface area contributed by atoms with E-state index >= 15 is 0 Å². The van der Waals surface area contributed by atoms with E-state index in [4.69, 9.17) is 5.41 Å². The summed E-state index contributed by atoms with van der Waals surface area (Å²) < 4.78 is 1.16. The highest BCUT2D eigenvalue weighted by Crippen LogP contribution is 2.19. The number of rotatable bonds is 0. The Kier molecular flexibility index (Phi) is 1.28. The predicted octanol–water partition coefficient (Wildman–Crippen LogP) is 2.08. The molecule has 0 heterocycles. The first-order valence-corrected chi connectivity index (χ1v) is 3.02. The number of halogens is 1. The van der Waals surface area contributed by atoms with Crippen LogP contribution in [0.5, 0.6) is 0 Å². The van der Waals surface area contributed by atoms with Crippen molar-refractivity contribution < 1.29 is 0 Å². The topological polar surface area (TPSA) is 23.9 Å². The number of hydrogen-bond donors (Lipinski definition) is 1. The van der Waals surface area contributed by atoms with E-state index in [1.807, 2.05) is 6.08 Å². The molecule has 1 N–H and O–H groups in total. The molecule has 0 radical (unpaired) electrons. The third-order valence-corrected chi connectivity index (χ3v) is 1.59. The number of nitrogens with one attached hydrogen (secondary N) is 1. The SMILES string of the molecule is N=C1C=C(Br)CC1. The molecule has 0 spiro atoms. The summed E-state index contributed by atoms with van der Waals surface area (Å²) in [5, 5.41) is 7.07. The lowest BCUT2D eigenvalue weighted by Crippen LogP contribution is -1.78. The smallest absolute Gasteiger partial charge is 0.0325 e. The summed E-state index contributed by atoms with van der Waals surface area (Å²) in [7, 11) is 0. The monoisotopic (exact) mass is 159 g/mol. The lowest BCUT2D eigenvalue weighted by atomic mass is 10.3. The van der Waals surface area contributed by atoms with E-state index in [0.717, 1.165) is 23.0 Å². The van der Waals surface area contributed by atoms with Crippen molar-refractivity contribution in [3.63, 3.8) is 0 Å². The van der Waals surface area contributed by atoms with Gasteiger partial charge in [0.1, 0.15) is 0 Å². The van der Waals surface area contributed by atoms with Crippen LogP contribution < -0.4 is 0 Å². The van der Waals surface area contributed by atoms with Gasteiger partial charge in [-0.15, -0.1) is 0 Å². The summed E-state index contributed by atoms with van der Waals surface area (Å²) in [6, 6.07) is 0. The van der Waals surface area contributed by atoms with Crippen LogP contribution in [-0.4, -0.2) is 5.71 Å². The second-order valence-corrected chi connectivity index (χ2v) is 2.64. The van der Waals surface area contributed by atoms with Crippen LogP contribution in [0.3, 0.4) is 0 Å². The molecule has 1 nitrogen and oxygen atoms in total. The first-order chi connectivity index (χ1) is 3.29. The van der Waals surface area contributed by atoms with Crippen LogP contribution in [0.4, 0.5) is 0 Å². The minimum atomic E-state index is 0.742. The minimum absolute atomic E-state index is 0.742. The van der Waals surface area contributed by atoms with Crippen molar-refractivity contribution in [3.8, 4) is 0 Å². The van der Waals surface area contributed by atoms with Crippen molar-refractivity contribution in [1.29, 1.82) is 5.41 Å². The molecule has 0 saturated heterocycles. The van der Waals surface area contributed by atoms with Gasteiger partial charge in [-0.3, -0.25) is 0 Å². The van der Waals surface area contributed by atoms with E-state index < -0.39 is 0 Å². The van der Waals surface area contributed by atoms with Crippen molar-refractivity contribution in [1.82, 2.24) is 0 Å². The Labute approximate surface area is 51.1 Å². The second-order valence-electron chi connectivity index (χ2n) is 1.62. The lowest BCUT2D eigenvalue weighted by molar-refractivity contribution is 1.12. The molecular formula is C5H6BrN. The van der Waals surface area contributed by atoms with E-state index in [9.17, 15) is 0 Å². The quantitative estimate of drug-likeness (QED) is 0.560. The van der Waals surface area contributed by atoms with Gasteiger partial charge in [0.2, 0.25) is 0 Å². The molecule has 0 atom stereocenters. The molecule has 0 aliphatic heterocycles. The summed E-state index contributed by atoms with van der Waals surface area (Å²) in [6.45, 7) is 0. The Hall–Kier alpha value is -0.110. The fourth-order valence-corrected chi connectivity index (χ4v) is 1.06. The number of hydrogen-bond acceptors (Lipinski definition) is 1. The van der Waals surface area contributed by atoms with Crippen molar-refractivity contribution in [2.45, 2.75) is 12.8 Å². The first-order valence-electron chi connectivity index (χ1n) is 2.22. The summed E-state index contributed by atoms with van der Waals surface area (Å²) in [5.41, 5.74) is 0.742. The molecule has 0 aromatic heterocycles. The van der Waals surface area contributed by atoms with Crippen LogP contribution in [0.1, 0.15) is 12.8 Å². The molecule has 38 valence electrons. The molecule has 0 bridgehead atoms. The van der Waals surface area contributed by atoms with Gasteiger partial charge in [-0.05, 0) is 23.4 Å². The molecule has 0 saturated carbocycles. The standard InChI is InChI=1S/C5H6BrN/c6-4-1-2-5(7)3-4/h3,7H,1-2H2. The zero-order valence-electron chi connectivity index (χ0n) is 3.87. The zero-order chi connectivity index (χ0) is 5.28. The molecule has 1 rings (SSSR count). The Bertz CT molecular complexity index is 126. The van der Waals surface area contributed by atoms with E-state index in [1.54, 1.807) is 0 Å². The molecule has 7 heavy (non-hydrogen) atoms. The highest BCUT2D eigenvalue weighted by Gasteiger charge is 2.03. The third kappa shape index (κ3) is 1.13. The van der Waals surface area contributed by atoms with Gasteiger partial charge in [-0.2, -0.15) is 0 Å². The summed E-state index contributed by atoms with van der Waals surface area (Å²) in [4.78, 5) is 0. The molecular weight excluding hydrogens is 154 g/mol. The summed E-state index contributed by atoms with van der Waals surface area (Å²) in [6.07, 6.45) is 3.80. The summed E-state index contributed by atoms with van der Waals surface area (Å²) >= 11 is 3.30. The van der Waals surface area contributed by atoms with Crippen LogP contribution >= 0.6 is 15.9 Å². The Morgan fingerprint density at radius 1 is 1.57 bits per heavy atom. The fraction of sp³-hybridized carbons (Fsp3) is 0.400. The second kappa shape index (κ2) is 1.78. The lowest BCUT2D eigenvalue weighted by Gasteiger charge is -1.78. The number of allylic oxidation sites excluding steroid dienone is 2. The third-order valence-electron chi connectivity index (χ3n) is 0.964. The molecule has 2 heteroatoms. The van der Waals surface area contributed by atoms with E-state index in [-0.39, 0.29) is 0 Å². The van der Waals surface area contributed by atoms with E-state index in [2.05, 4.69) is 15.9 Å². The predicted molar refractivity (Wildman–Crippen MR) is 34.0 cm³/mol. The van der Waals surface area contributed by atoms with Gasteiger partial charge in [0.05, 0.1) is 0 Å². The van der Waals surface area contributed by atoms with Gasteiger partial charge < -0.3 is 5.41 Å². The van der Waals surface area contributed by atoms with Crippen LogP contribution in [0, 0.1) is 5.41 Å². The molecule has 0 amide bonds. The van der Waals surface area contributed by atoms with Gasteiger partial charge in [-0.1, -0.05) is 15.9 Å². The van der Waals surface area contributed by atoms with Crippen molar-refractivity contribution in [2.24, 2.45) is 0 Å². The molecule has 1 aliphatic rings. The molecule has 0 unspecified atom stereocenters. The first kappa shape index (κ1) is 5.04. The maximum Gasteiger partial charge on any atom is 0.0325 e. The molecule has 0 aromatic carbocycles. The van der Waals surface area contributed by atoms with Gasteiger partial charge in [0, 0.05) is 5.71 Å². The van der Waals surface area contributed by atoms with Gasteiger partial charge in [-0.25, -0.2) is 0 Å². The fourth-order valence-electron chi connectivity index (χ4n) is 0.587. The Balaban J connectivity index is 2.67. The maximum absolute atomic E-state index is 7.07. The van der Waals surface area contributed by atoms with Gasteiger partial charge in [0.15, 0.2) is 0 Å². The van der Waals surface area contributed by atoms with Gasteiger partial charge in [0.25, 0.3) is 0 Å². The van der Waals surface area contributed by atoms with Crippen LogP contribution in [0.25, 0.3) is 0 Å². The van der Waals surface area contributed by atoms with E-state index in [0.29, 0.717) is 0 Å². The van der Waals surface area contributed by atoms with Gasteiger partial charge >= 0.3 is 0 Å². The minimum Gasteiger partial charge on any atom is -0.305 e. The average molecular weight is 160 g/mol.